The fraction of sp³-hybridized carbons (Fsp3) is 0.375. The highest BCUT2D eigenvalue weighted by Gasteiger charge is 2.37. The van der Waals surface area contributed by atoms with Crippen LogP contribution in [0.5, 0.6) is 0 Å². The molecule has 2 saturated heterocycles. The molecule has 162 valence electrons. The lowest BCUT2D eigenvalue weighted by Gasteiger charge is -2.33. The topological polar surface area (TPSA) is 69.7 Å². The normalized spacial score (nSPS) is 19.5. The molecule has 7 heteroatoms. The Labute approximate surface area is 187 Å². The third-order valence-electron chi connectivity index (χ3n) is 6.04. The molecule has 31 heavy (non-hydrogen) atoms. The Hall–Kier alpha value is -2.86. The van der Waals surface area contributed by atoms with Gasteiger partial charge < -0.3 is 15.1 Å². The van der Waals surface area contributed by atoms with Crippen LogP contribution in [0.15, 0.2) is 54.6 Å². The number of carbonyl (C=O) groups is 3. The van der Waals surface area contributed by atoms with Crippen LogP contribution in [0.25, 0.3) is 0 Å². The summed E-state index contributed by atoms with van der Waals surface area (Å²) in [5.41, 5.74) is 1.53. The lowest BCUT2D eigenvalue weighted by molar-refractivity contribution is -0.136. The summed E-state index contributed by atoms with van der Waals surface area (Å²) in [7, 11) is 0. The van der Waals surface area contributed by atoms with Gasteiger partial charge in [-0.25, -0.2) is 0 Å². The zero-order valence-electron chi connectivity index (χ0n) is 17.3. The van der Waals surface area contributed by atoms with Crippen LogP contribution in [0.1, 0.15) is 35.2 Å². The Bertz CT molecular complexity index is 958. The van der Waals surface area contributed by atoms with Crippen molar-refractivity contribution in [1.29, 1.82) is 0 Å². The van der Waals surface area contributed by atoms with E-state index in [1.165, 1.54) is 0 Å². The summed E-state index contributed by atoms with van der Waals surface area (Å²) >= 11 is 6.10. The van der Waals surface area contributed by atoms with Gasteiger partial charge in [0.25, 0.3) is 5.91 Å². The van der Waals surface area contributed by atoms with Crippen molar-refractivity contribution < 1.29 is 14.4 Å². The average molecular weight is 440 g/mol. The van der Waals surface area contributed by atoms with Crippen molar-refractivity contribution in [1.82, 2.24) is 15.1 Å². The summed E-state index contributed by atoms with van der Waals surface area (Å²) in [6.07, 6.45) is 1.65. The smallest absolute Gasteiger partial charge is 0.253 e. The van der Waals surface area contributed by atoms with Crippen molar-refractivity contribution in [2.24, 2.45) is 5.92 Å². The number of amides is 3. The average Bonchev–Trinajstić information content (AvgIpc) is 3.15. The van der Waals surface area contributed by atoms with E-state index in [1.807, 2.05) is 35.2 Å². The summed E-state index contributed by atoms with van der Waals surface area (Å²) < 4.78 is 0. The maximum atomic E-state index is 13.0. The van der Waals surface area contributed by atoms with Crippen molar-refractivity contribution in [3.63, 3.8) is 0 Å². The zero-order chi connectivity index (χ0) is 21.8. The van der Waals surface area contributed by atoms with Crippen LogP contribution in [-0.4, -0.2) is 53.2 Å². The standard InChI is InChI=1S/C24H26ClN3O3/c25-21-9-5-4-8-20(21)23(30)26-19-10-12-27(13-11-19)24(31)18-14-22(29)28(16-18)15-17-6-2-1-3-7-17/h1-9,18-19H,10-16H2,(H,26,30). The molecule has 4 rings (SSSR count). The van der Waals surface area contributed by atoms with Crippen molar-refractivity contribution in [3.8, 4) is 0 Å². The molecular formula is C24H26ClN3O3. The molecule has 0 spiro atoms. The van der Waals surface area contributed by atoms with Crippen LogP contribution in [0, 0.1) is 5.92 Å². The number of piperidine rings is 1. The monoisotopic (exact) mass is 439 g/mol. The van der Waals surface area contributed by atoms with E-state index >= 15 is 0 Å². The van der Waals surface area contributed by atoms with E-state index in [0.717, 1.165) is 5.56 Å². The molecule has 2 heterocycles. The van der Waals surface area contributed by atoms with Crippen LogP contribution < -0.4 is 5.32 Å². The van der Waals surface area contributed by atoms with E-state index in [0.29, 0.717) is 49.6 Å². The van der Waals surface area contributed by atoms with Crippen molar-refractivity contribution in [2.75, 3.05) is 19.6 Å². The number of hydrogen-bond acceptors (Lipinski definition) is 3. The van der Waals surface area contributed by atoms with Gasteiger partial charge in [-0.2, -0.15) is 0 Å². The minimum atomic E-state index is -0.287. The summed E-state index contributed by atoms with van der Waals surface area (Å²) in [6.45, 7) is 2.17. The molecule has 0 saturated carbocycles. The lowest BCUT2D eigenvalue weighted by atomic mass is 10.0. The largest absolute Gasteiger partial charge is 0.349 e. The Morgan fingerprint density at radius 3 is 2.39 bits per heavy atom. The number of halogens is 1. The molecule has 1 N–H and O–H groups in total. The Balaban J connectivity index is 1.27. The number of benzene rings is 2. The highest BCUT2D eigenvalue weighted by molar-refractivity contribution is 6.33. The number of hydrogen-bond donors (Lipinski definition) is 1. The van der Waals surface area contributed by atoms with Gasteiger partial charge in [0.05, 0.1) is 16.5 Å². The number of nitrogens with one attached hydrogen (secondary N) is 1. The number of nitrogens with zero attached hydrogens (tertiary/aromatic N) is 2. The molecule has 0 radical (unpaired) electrons. The van der Waals surface area contributed by atoms with Crippen LogP contribution in [0.2, 0.25) is 5.02 Å². The second-order valence-corrected chi connectivity index (χ2v) is 8.62. The first-order valence-electron chi connectivity index (χ1n) is 10.7. The Morgan fingerprint density at radius 2 is 1.68 bits per heavy atom. The van der Waals surface area contributed by atoms with Crippen LogP contribution in [-0.2, 0) is 16.1 Å². The number of carbonyl (C=O) groups excluding carboxylic acids is 3. The van der Waals surface area contributed by atoms with Gasteiger partial charge in [-0.15, -0.1) is 0 Å². The van der Waals surface area contributed by atoms with Crippen molar-refractivity contribution in [2.45, 2.75) is 31.8 Å². The number of likely N-dealkylation sites (tertiary alicyclic amines) is 2. The van der Waals surface area contributed by atoms with E-state index in [-0.39, 0.29) is 36.1 Å². The second kappa shape index (κ2) is 9.52. The molecule has 0 aliphatic carbocycles. The molecule has 6 nitrogen and oxygen atoms in total. The second-order valence-electron chi connectivity index (χ2n) is 8.21. The first-order chi connectivity index (χ1) is 15.0. The van der Waals surface area contributed by atoms with Gasteiger partial charge in [-0.1, -0.05) is 54.1 Å². The molecule has 2 aromatic carbocycles. The van der Waals surface area contributed by atoms with Crippen molar-refractivity contribution in [3.05, 3.63) is 70.7 Å². The van der Waals surface area contributed by atoms with Gasteiger partial charge in [0.2, 0.25) is 11.8 Å². The summed E-state index contributed by atoms with van der Waals surface area (Å²) in [4.78, 5) is 41.5. The van der Waals surface area contributed by atoms with Crippen LogP contribution >= 0.6 is 11.6 Å². The third kappa shape index (κ3) is 5.07. The summed E-state index contributed by atoms with van der Waals surface area (Å²) in [6, 6.07) is 16.8. The van der Waals surface area contributed by atoms with Gasteiger partial charge in [0.15, 0.2) is 0 Å². The molecule has 1 atom stereocenters. The third-order valence-corrected chi connectivity index (χ3v) is 6.37. The molecule has 2 aromatic rings. The van der Waals surface area contributed by atoms with Crippen molar-refractivity contribution >= 4 is 29.3 Å². The molecule has 2 aliphatic heterocycles. The molecule has 0 bridgehead atoms. The maximum absolute atomic E-state index is 13.0. The molecule has 3 amide bonds. The highest BCUT2D eigenvalue weighted by Crippen LogP contribution is 2.24. The molecule has 2 fully saturated rings. The van der Waals surface area contributed by atoms with E-state index in [2.05, 4.69) is 5.32 Å². The lowest BCUT2D eigenvalue weighted by Crippen LogP contribution is -2.48. The minimum Gasteiger partial charge on any atom is -0.349 e. The Kier molecular flexibility index (Phi) is 6.56. The van der Waals surface area contributed by atoms with Crippen LogP contribution in [0.4, 0.5) is 0 Å². The SMILES string of the molecule is O=C(NC1CCN(C(=O)C2CC(=O)N(Cc3ccccc3)C2)CC1)c1ccccc1Cl. The highest BCUT2D eigenvalue weighted by atomic mass is 35.5. The van der Waals surface area contributed by atoms with Gasteiger partial charge in [-0.05, 0) is 30.5 Å². The zero-order valence-corrected chi connectivity index (χ0v) is 18.1. The quantitative estimate of drug-likeness (QED) is 0.778. The molecular weight excluding hydrogens is 414 g/mol. The summed E-state index contributed by atoms with van der Waals surface area (Å²) in [5.74, 6) is -0.400. The number of rotatable bonds is 5. The maximum Gasteiger partial charge on any atom is 0.253 e. The van der Waals surface area contributed by atoms with E-state index in [1.54, 1.807) is 29.2 Å². The fourth-order valence-corrected chi connectivity index (χ4v) is 4.53. The summed E-state index contributed by atoms with van der Waals surface area (Å²) in [5, 5.41) is 3.45. The van der Waals surface area contributed by atoms with Gasteiger partial charge in [-0.3, -0.25) is 14.4 Å². The molecule has 0 aromatic heterocycles. The predicted molar refractivity (Wildman–Crippen MR) is 118 cm³/mol. The van der Waals surface area contributed by atoms with Gasteiger partial charge >= 0.3 is 0 Å². The minimum absolute atomic E-state index is 0.00705. The Morgan fingerprint density at radius 1 is 1.00 bits per heavy atom. The van der Waals surface area contributed by atoms with Gasteiger partial charge in [0, 0.05) is 38.6 Å². The molecule has 2 aliphatic rings. The van der Waals surface area contributed by atoms with E-state index < -0.39 is 0 Å². The van der Waals surface area contributed by atoms with Crippen LogP contribution in [0.3, 0.4) is 0 Å². The molecule has 1 unspecified atom stereocenters. The first-order valence-corrected chi connectivity index (χ1v) is 11.0. The first kappa shape index (κ1) is 21.4. The predicted octanol–water partition coefficient (Wildman–Crippen LogP) is 3.11. The van der Waals surface area contributed by atoms with E-state index in [9.17, 15) is 14.4 Å². The fourth-order valence-electron chi connectivity index (χ4n) is 4.31. The van der Waals surface area contributed by atoms with E-state index in [4.69, 9.17) is 11.6 Å². The van der Waals surface area contributed by atoms with Gasteiger partial charge in [0.1, 0.15) is 0 Å².